The third-order valence-electron chi connectivity index (χ3n) is 5.04. The molecule has 0 radical (unpaired) electrons. The number of benzene rings is 2. The van der Waals surface area contributed by atoms with Crippen molar-refractivity contribution in [3.63, 3.8) is 0 Å². The summed E-state index contributed by atoms with van der Waals surface area (Å²) < 4.78 is 5.12. The molecule has 0 saturated heterocycles. The second kappa shape index (κ2) is 11.7. The van der Waals surface area contributed by atoms with Gasteiger partial charge in [0, 0.05) is 31.5 Å². The molecule has 1 N–H and O–H groups in total. The molecule has 0 spiro atoms. The third-order valence-corrected chi connectivity index (χ3v) is 5.04. The van der Waals surface area contributed by atoms with Gasteiger partial charge in [-0.3, -0.25) is 9.59 Å². The first kappa shape index (κ1) is 23.9. The number of carbonyl (C=O) groups is 3. The zero-order chi connectivity index (χ0) is 22.8. The van der Waals surface area contributed by atoms with E-state index < -0.39 is 18.5 Å². The molecule has 7 heteroatoms. The van der Waals surface area contributed by atoms with E-state index in [9.17, 15) is 14.4 Å². The molecule has 0 aromatic heterocycles. The normalized spacial score (nSPS) is 10.3. The summed E-state index contributed by atoms with van der Waals surface area (Å²) in [5.41, 5.74) is 3.15. The zero-order valence-corrected chi connectivity index (χ0v) is 18.7. The summed E-state index contributed by atoms with van der Waals surface area (Å²) in [6.45, 7) is 7.33. The number of likely N-dealkylation sites (N-methyl/N-ethyl adjacent to an activating group) is 1. The van der Waals surface area contributed by atoms with Crippen molar-refractivity contribution in [2.24, 2.45) is 0 Å². The number of esters is 1. The predicted molar refractivity (Wildman–Crippen MR) is 122 cm³/mol. The summed E-state index contributed by atoms with van der Waals surface area (Å²) in [6.07, 6.45) is 0.789. The van der Waals surface area contributed by atoms with Crippen LogP contribution in [0.15, 0.2) is 48.5 Å². The van der Waals surface area contributed by atoms with Crippen LogP contribution in [0, 0.1) is 0 Å². The van der Waals surface area contributed by atoms with Crippen LogP contribution in [0.5, 0.6) is 0 Å². The van der Waals surface area contributed by atoms with E-state index in [4.69, 9.17) is 4.74 Å². The quantitative estimate of drug-likeness (QED) is 0.591. The van der Waals surface area contributed by atoms with E-state index >= 15 is 0 Å². The Morgan fingerprint density at radius 1 is 0.935 bits per heavy atom. The Morgan fingerprint density at radius 3 is 2.19 bits per heavy atom. The van der Waals surface area contributed by atoms with E-state index in [1.807, 2.05) is 43.3 Å². The molecule has 2 aromatic rings. The maximum atomic E-state index is 12.3. The zero-order valence-electron chi connectivity index (χ0n) is 18.7. The average Bonchev–Trinajstić information content (AvgIpc) is 2.78. The van der Waals surface area contributed by atoms with E-state index in [1.165, 1.54) is 11.9 Å². The molecular formula is C24H31N3O4. The largest absolute Gasteiger partial charge is 0.452 e. The molecule has 7 nitrogen and oxygen atoms in total. The molecule has 0 atom stereocenters. The smallest absolute Gasteiger partial charge is 0.338 e. The molecule has 0 saturated carbocycles. The first-order valence-electron chi connectivity index (χ1n) is 10.5. The Morgan fingerprint density at radius 2 is 1.58 bits per heavy atom. The number of aryl methyl sites for hydroxylation is 1. The van der Waals surface area contributed by atoms with Gasteiger partial charge in [0.1, 0.15) is 0 Å². The Kier molecular flexibility index (Phi) is 9.06. The van der Waals surface area contributed by atoms with Crippen LogP contribution < -0.4 is 10.2 Å². The van der Waals surface area contributed by atoms with Gasteiger partial charge in [-0.2, -0.15) is 0 Å². The topological polar surface area (TPSA) is 79.0 Å². The van der Waals surface area contributed by atoms with Crippen LogP contribution in [0.3, 0.4) is 0 Å². The van der Waals surface area contributed by atoms with Gasteiger partial charge >= 0.3 is 5.97 Å². The number of hydrogen-bond donors (Lipinski definition) is 1. The molecule has 0 aliphatic rings. The molecule has 0 fully saturated rings. The fourth-order valence-electron chi connectivity index (χ4n) is 3.16. The summed E-state index contributed by atoms with van der Waals surface area (Å²) in [5, 5.41) is 2.82. The molecule has 0 heterocycles. The first-order chi connectivity index (χ1) is 14.9. The Bertz CT molecular complexity index is 892. The second-order valence-corrected chi connectivity index (χ2v) is 7.10. The molecule has 0 unspecified atom stereocenters. The average molecular weight is 426 g/mol. The van der Waals surface area contributed by atoms with Crippen molar-refractivity contribution in [2.75, 3.05) is 43.5 Å². The lowest BCUT2D eigenvalue weighted by Crippen LogP contribution is -2.37. The van der Waals surface area contributed by atoms with Gasteiger partial charge in [0.05, 0.1) is 12.1 Å². The van der Waals surface area contributed by atoms with E-state index in [0.29, 0.717) is 5.56 Å². The molecule has 0 aliphatic heterocycles. The SMILES string of the molecule is CCc1ccccc1NC(=O)CN(C)C(=O)COC(=O)c1ccc(N(CC)CC)cc1. The summed E-state index contributed by atoms with van der Waals surface area (Å²) in [6, 6.07) is 14.6. The van der Waals surface area contributed by atoms with Crippen molar-refractivity contribution in [1.82, 2.24) is 4.90 Å². The maximum Gasteiger partial charge on any atom is 0.338 e. The lowest BCUT2D eigenvalue weighted by molar-refractivity contribution is -0.136. The number of nitrogens with zero attached hydrogens (tertiary/aromatic N) is 2. The molecule has 2 rings (SSSR count). The molecule has 2 amide bonds. The highest BCUT2D eigenvalue weighted by Crippen LogP contribution is 2.16. The van der Waals surface area contributed by atoms with Gasteiger partial charge < -0.3 is 19.9 Å². The highest BCUT2D eigenvalue weighted by Gasteiger charge is 2.17. The number of carbonyl (C=O) groups excluding carboxylic acids is 3. The fourth-order valence-corrected chi connectivity index (χ4v) is 3.16. The highest BCUT2D eigenvalue weighted by molar-refractivity contribution is 5.96. The van der Waals surface area contributed by atoms with Gasteiger partial charge in [0.25, 0.3) is 5.91 Å². The van der Waals surface area contributed by atoms with Crippen molar-refractivity contribution in [2.45, 2.75) is 27.2 Å². The van der Waals surface area contributed by atoms with Gasteiger partial charge in [-0.25, -0.2) is 4.79 Å². The number of hydrogen-bond acceptors (Lipinski definition) is 5. The summed E-state index contributed by atoms with van der Waals surface area (Å²) in [7, 11) is 1.50. The van der Waals surface area contributed by atoms with Crippen LogP contribution >= 0.6 is 0 Å². The Hall–Kier alpha value is -3.35. The second-order valence-electron chi connectivity index (χ2n) is 7.10. The summed E-state index contributed by atoms with van der Waals surface area (Å²) in [5.74, 6) is -1.34. The summed E-state index contributed by atoms with van der Waals surface area (Å²) in [4.78, 5) is 40.2. The van der Waals surface area contributed by atoms with Crippen LogP contribution in [0.1, 0.15) is 36.7 Å². The van der Waals surface area contributed by atoms with Crippen molar-refractivity contribution in [1.29, 1.82) is 0 Å². The number of anilines is 2. The van der Waals surface area contributed by atoms with Crippen molar-refractivity contribution >= 4 is 29.2 Å². The monoisotopic (exact) mass is 425 g/mol. The van der Waals surface area contributed by atoms with E-state index in [-0.39, 0.29) is 12.5 Å². The molecule has 166 valence electrons. The van der Waals surface area contributed by atoms with Crippen LogP contribution in [0.2, 0.25) is 0 Å². The number of ether oxygens (including phenoxy) is 1. The van der Waals surface area contributed by atoms with Crippen LogP contribution in [0.25, 0.3) is 0 Å². The lowest BCUT2D eigenvalue weighted by Gasteiger charge is -2.21. The summed E-state index contributed by atoms with van der Waals surface area (Å²) >= 11 is 0. The van der Waals surface area contributed by atoms with Gasteiger partial charge in [0.2, 0.25) is 5.91 Å². The molecular weight excluding hydrogens is 394 g/mol. The van der Waals surface area contributed by atoms with E-state index in [0.717, 1.165) is 36.4 Å². The molecule has 0 bridgehead atoms. The minimum Gasteiger partial charge on any atom is -0.452 e. The minimum absolute atomic E-state index is 0.132. The first-order valence-corrected chi connectivity index (χ1v) is 10.5. The van der Waals surface area contributed by atoms with Gasteiger partial charge in [-0.15, -0.1) is 0 Å². The Balaban J connectivity index is 1.84. The Labute approximate surface area is 184 Å². The van der Waals surface area contributed by atoms with Crippen molar-refractivity contribution in [3.8, 4) is 0 Å². The van der Waals surface area contributed by atoms with Gasteiger partial charge in [-0.1, -0.05) is 25.1 Å². The standard InChI is InChI=1S/C24H31N3O4/c1-5-18-10-8-9-11-21(18)25-22(28)16-26(4)23(29)17-31-24(30)19-12-14-20(15-13-19)27(6-2)7-3/h8-15H,5-7,16-17H2,1-4H3,(H,25,28). The van der Waals surface area contributed by atoms with Crippen LogP contribution in [-0.2, 0) is 20.7 Å². The van der Waals surface area contributed by atoms with Gasteiger partial charge in [0.15, 0.2) is 6.61 Å². The van der Waals surface area contributed by atoms with Crippen LogP contribution in [-0.4, -0.2) is 56.0 Å². The minimum atomic E-state index is -0.575. The molecule has 31 heavy (non-hydrogen) atoms. The van der Waals surface area contributed by atoms with E-state index in [2.05, 4.69) is 24.1 Å². The van der Waals surface area contributed by atoms with Crippen LogP contribution in [0.4, 0.5) is 11.4 Å². The van der Waals surface area contributed by atoms with Crippen molar-refractivity contribution < 1.29 is 19.1 Å². The van der Waals surface area contributed by atoms with E-state index in [1.54, 1.807) is 12.1 Å². The lowest BCUT2D eigenvalue weighted by atomic mass is 10.1. The maximum absolute atomic E-state index is 12.3. The highest BCUT2D eigenvalue weighted by atomic mass is 16.5. The van der Waals surface area contributed by atoms with Crippen molar-refractivity contribution in [3.05, 3.63) is 59.7 Å². The molecule has 0 aliphatic carbocycles. The predicted octanol–water partition coefficient (Wildman–Crippen LogP) is 3.35. The molecule has 2 aromatic carbocycles. The number of rotatable bonds is 10. The number of nitrogens with one attached hydrogen (secondary N) is 1. The number of para-hydroxylation sites is 1. The third kappa shape index (κ3) is 6.84. The fraction of sp³-hybridized carbons (Fsp3) is 0.375. The number of amides is 2. The van der Waals surface area contributed by atoms with Gasteiger partial charge in [-0.05, 0) is 56.2 Å².